The third-order valence-electron chi connectivity index (χ3n) is 5.29. The van der Waals surface area contributed by atoms with Crippen LogP contribution in [0.4, 0.5) is 14.5 Å². The first-order chi connectivity index (χ1) is 15.8. The first-order valence-electron chi connectivity index (χ1n) is 10.9. The number of aryl methyl sites for hydroxylation is 1. The van der Waals surface area contributed by atoms with Gasteiger partial charge in [-0.1, -0.05) is 31.2 Å². The van der Waals surface area contributed by atoms with E-state index >= 15 is 0 Å². The zero-order valence-corrected chi connectivity index (χ0v) is 20.8. The molecule has 0 aliphatic heterocycles. The van der Waals surface area contributed by atoms with Crippen molar-refractivity contribution in [2.24, 2.45) is 0 Å². The lowest BCUT2D eigenvalue weighted by molar-refractivity contribution is -0.140. The Morgan fingerprint density at radius 3 is 2.24 bits per heavy atom. The largest absolute Gasteiger partial charge is 0.352 e. The number of nitrogens with zero attached hydrogens (tertiary/aromatic N) is 2. The van der Waals surface area contributed by atoms with Gasteiger partial charge in [0.2, 0.25) is 21.8 Å². The van der Waals surface area contributed by atoms with Gasteiger partial charge in [-0.2, -0.15) is 0 Å². The molecule has 1 N–H and O–H groups in total. The van der Waals surface area contributed by atoms with Crippen LogP contribution < -0.4 is 9.62 Å². The van der Waals surface area contributed by atoms with Gasteiger partial charge in [-0.25, -0.2) is 17.2 Å². The normalized spacial score (nSPS) is 12.4. The molecule has 0 aromatic heterocycles. The summed E-state index contributed by atoms with van der Waals surface area (Å²) >= 11 is 0. The number of hydrogen-bond donors (Lipinski definition) is 1. The molecule has 10 heteroatoms. The van der Waals surface area contributed by atoms with Gasteiger partial charge < -0.3 is 10.2 Å². The lowest BCUT2D eigenvalue weighted by atomic mass is 10.1. The summed E-state index contributed by atoms with van der Waals surface area (Å²) < 4.78 is 52.9. The number of nitrogens with one attached hydrogen (secondary N) is 1. The van der Waals surface area contributed by atoms with Gasteiger partial charge in [0, 0.05) is 18.7 Å². The number of halogens is 2. The summed E-state index contributed by atoms with van der Waals surface area (Å²) in [7, 11) is -4.03. The van der Waals surface area contributed by atoms with Crippen molar-refractivity contribution in [2.45, 2.75) is 52.7 Å². The Morgan fingerprint density at radius 1 is 1.06 bits per heavy atom. The predicted octanol–water partition coefficient (Wildman–Crippen LogP) is 3.37. The molecule has 0 saturated heterocycles. The second kappa shape index (κ2) is 11.4. The molecular weight excluding hydrogens is 464 g/mol. The Hall–Kier alpha value is -3.01. The van der Waals surface area contributed by atoms with E-state index < -0.39 is 40.2 Å². The zero-order valence-electron chi connectivity index (χ0n) is 20.0. The molecular formula is C24H31F2N3O4S. The minimum Gasteiger partial charge on any atom is -0.352 e. The van der Waals surface area contributed by atoms with Crippen molar-refractivity contribution in [1.82, 2.24) is 10.2 Å². The monoisotopic (exact) mass is 495 g/mol. The van der Waals surface area contributed by atoms with E-state index in [2.05, 4.69) is 5.32 Å². The topological polar surface area (TPSA) is 86.8 Å². The van der Waals surface area contributed by atoms with E-state index in [9.17, 15) is 26.8 Å². The highest BCUT2D eigenvalue weighted by Crippen LogP contribution is 2.22. The SMILES string of the molecule is CC[C@H](C(=O)NC(C)C)N(Cc1ccccc1C)C(=O)CN(c1ccc(F)c(F)c1)S(C)(=O)=O. The molecule has 2 rings (SSSR count). The second-order valence-corrected chi connectivity index (χ2v) is 10.3. The lowest BCUT2D eigenvalue weighted by Crippen LogP contribution is -2.53. The molecule has 1 atom stereocenters. The van der Waals surface area contributed by atoms with Crippen molar-refractivity contribution in [1.29, 1.82) is 0 Å². The zero-order chi connectivity index (χ0) is 25.6. The molecule has 0 aliphatic rings. The van der Waals surface area contributed by atoms with Crippen molar-refractivity contribution in [3.8, 4) is 0 Å². The number of carbonyl (C=O) groups excluding carboxylic acids is 2. The number of rotatable bonds is 10. The first-order valence-corrected chi connectivity index (χ1v) is 12.8. The first kappa shape index (κ1) is 27.2. The Morgan fingerprint density at radius 2 is 1.71 bits per heavy atom. The van der Waals surface area contributed by atoms with Crippen LogP contribution in [0.3, 0.4) is 0 Å². The molecule has 186 valence electrons. The molecule has 0 saturated carbocycles. The number of benzene rings is 2. The Labute approximate surface area is 199 Å². The van der Waals surface area contributed by atoms with Crippen molar-refractivity contribution < 1.29 is 26.8 Å². The third-order valence-corrected chi connectivity index (χ3v) is 6.43. The van der Waals surface area contributed by atoms with Crippen LogP contribution in [0.2, 0.25) is 0 Å². The molecule has 34 heavy (non-hydrogen) atoms. The van der Waals surface area contributed by atoms with E-state index in [-0.39, 0.29) is 24.2 Å². The summed E-state index contributed by atoms with van der Waals surface area (Å²) in [5.74, 6) is -3.39. The van der Waals surface area contributed by atoms with Gasteiger partial charge in [0.15, 0.2) is 11.6 Å². The van der Waals surface area contributed by atoms with E-state index in [1.807, 2.05) is 31.2 Å². The van der Waals surface area contributed by atoms with Crippen molar-refractivity contribution >= 4 is 27.5 Å². The van der Waals surface area contributed by atoms with Gasteiger partial charge in [0.1, 0.15) is 12.6 Å². The Kier molecular flexibility index (Phi) is 9.14. The maximum atomic E-state index is 13.8. The van der Waals surface area contributed by atoms with Gasteiger partial charge in [-0.05, 0) is 50.5 Å². The molecule has 0 unspecified atom stereocenters. The van der Waals surface area contributed by atoms with Crippen LogP contribution in [0.15, 0.2) is 42.5 Å². The van der Waals surface area contributed by atoms with Crippen LogP contribution in [-0.4, -0.2) is 50.0 Å². The standard InChI is InChI=1S/C24H31F2N3O4S/c1-6-22(24(31)27-16(2)3)28(14-18-10-8-7-9-17(18)4)23(30)15-29(34(5,32)33)19-11-12-20(25)21(26)13-19/h7-13,16,22H,6,14-15H2,1-5H3,(H,27,31)/t22-/m1/s1. The Balaban J connectivity index is 2.48. The summed E-state index contributed by atoms with van der Waals surface area (Å²) in [6.07, 6.45) is 1.16. The summed E-state index contributed by atoms with van der Waals surface area (Å²) in [5, 5.41) is 2.80. The van der Waals surface area contributed by atoms with E-state index in [1.54, 1.807) is 20.8 Å². The molecule has 0 radical (unpaired) electrons. The van der Waals surface area contributed by atoms with Crippen molar-refractivity contribution in [2.75, 3.05) is 17.1 Å². The molecule has 0 heterocycles. The summed E-state index contributed by atoms with van der Waals surface area (Å²) in [6.45, 7) is 6.62. The van der Waals surface area contributed by atoms with Crippen LogP contribution in [0.25, 0.3) is 0 Å². The highest BCUT2D eigenvalue weighted by molar-refractivity contribution is 7.92. The van der Waals surface area contributed by atoms with Crippen molar-refractivity contribution in [3.05, 3.63) is 65.2 Å². The predicted molar refractivity (Wildman–Crippen MR) is 128 cm³/mol. The van der Waals surface area contributed by atoms with Gasteiger partial charge in [-0.15, -0.1) is 0 Å². The highest BCUT2D eigenvalue weighted by atomic mass is 32.2. The van der Waals surface area contributed by atoms with Gasteiger partial charge in [0.05, 0.1) is 11.9 Å². The fourth-order valence-corrected chi connectivity index (χ4v) is 4.37. The molecule has 2 amide bonds. The minimum absolute atomic E-state index is 0.0743. The van der Waals surface area contributed by atoms with Crippen LogP contribution in [-0.2, 0) is 26.2 Å². The number of carbonyl (C=O) groups is 2. The maximum absolute atomic E-state index is 13.8. The molecule has 0 bridgehead atoms. The smallest absolute Gasteiger partial charge is 0.244 e. The summed E-state index contributed by atoms with van der Waals surface area (Å²) in [4.78, 5) is 27.7. The average molecular weight is 496 g/mol. The fraction of sp³-hybridized carbons (Fsp3) is 0.417. The molecule has 2 aromatic rings. The molecule has 0 spiro atoms. The van der Waals surface area contributed by atoms with Gasteiger partial charge in [-0.3, -0.25) is 13.9 Å². The lowest BCUT2D eigenvalue weighted by Gasteiger charge is -2.33. The number of sulfonamides is 1. The average Bonchev–Trinajstić information content (AvgIpc) is 2.73. The second-order valence-electron chi connectivity index (χ2n) is 8.40. The number of amides is 2. The quantitative estimate of drug-likeness (QED) is 0.548. The third kappa shape index (κ3) is 6.99. The Bertz CT molecular complexity index is 1140. The molecule has 0 fully saturated rings. The van der Waals surface area contributed by atoms with E-state index in [1.165, 1.54) is 4.90 Å². The van der Waals surface area contributed by atoms with Crippen LogP contribution in [0.1, 0.15) is 38.3 Å². The molecule has 7 nitrogen and oxygen atoms in total. The summed E-state index contributed by atoms with van der Waals surface area (Å²) in [6, 6.07) is 8.94. The molecule has 0 aliphatic carbocycles. The highest BCUT2D eigenvalue weighted by Gasteiger charge is 2.32. The number of hydrogen-bond acceptors (Lipinski definition) is 4. The number of anilines is 1. The van der Waals surface area contributed by atoms with Crippen LogP contribution >= 0.6 is 0 Å². The van der Waals surface area contributed by atoms with Crippen LogP contribution in [0, 0.1) is 18.6 Å². The van der Waals surface area contributed by atoms with Crippen molar-refractivity contribution in [3.63, 3.8) is 0 Å². The maximum Gasteiger partial charge on any atom is 0.244 e. The minimum atomic E-state index is -4.03. The van der Waals surface area contributed by atoms with E-state index in [0.717, 1.165) is 35.6 Å². The summed E-state index contributed by atoms with van der Waals surface area (Å²) in [5.41, 5.74) is 1.51. The van der Waals surface area contributed by atoms with E-state index in [0.29, 0.717) is 10.7 Å². The van der Waals surface area contributed by atoms with Gasteiger partial charge >= 0.3 is 0 Å². The van der Waals surface area contributed by atoms with E-state index in [4.69, 9.17) is 0 Å². The van der Waals surface area contributed by atoms with Crippen LogP contribution in [0.5, 0.6) is 0 Å². The molecule has 2 aromatic carbocycles. The fourth-order valence-electron chi connectivity index (χ4n) is 3.53. The van der Waals surface area contributed by atoms with Gasteiger partial charge in [0.25, 0.3) is 0 Å².